The second kappa shape index (κ2) is 6.38. The molecule has 24 heavy (non-hydrogen) atoms. The molecule has 0 bridgehead atoms. The van der Waals surface area contributed by atoms with Crippen molar-refractivity contribution < 1.29 is 34.1 Å². The number of benzene rings is 2. The van der Waals surface area contributed by atoms with E-state index in [4.69, 9.17) is 4.74 Å². The van der Waals surface area contributed by atoms with Gasteiger partial charge >= 0.3 is 11.9 Å². The maximum atomic E-state index is 12.2. The van der Waals surface area contributed by atoms with Crippen LogP contribution in [0.2, 0.25) is 0 Å². The van der Waals surface area contributed by atoms with Crippen molar-refractivity contribution in [1.29, 1.82) is 0 Å². The molecular formula is C17H14O7. The summed E-state index contributed by atoms with van der Waals surface area (Å²) >= 11 is 0. The van der Waals surface area contributed by atoms with Gasteiger partial charge < -0.3 is 19.7 Å². The van der Waals surface area contributed by atoms with E-state index in [9.17, 15) is 24.6 Å². The van der Waals surface area contributed by atoms with E-state index in [1.54, 1.807) is 24.3 Å². The molecule has 0 aromatic heterocycles. The predicted octanol–water partition coefficient (Wildman–Crippen LogP) is 0.213. The van der Waals surface area contributed by atoms with Crippen molar-refractivity contribution >= 4 is 28.5 Å². The summed E-state index contributed by atoms with van der Waals surface area (Å²) in [4.78, 5) is 34.9. The highest BCUT2D eigenvalue weighted by Gasteiger charge is 2.46. The van der Waals surface area contributed by atoms with Crippen LogP contribution in [0.3, 0.4) is 0 Å². The lowest BCUT2D eigenvalue weighted by molar-refractivity contribution is -0.151. The number of hydrogen-bond donors (Lipinski definition) is 2. The van der Waals surface area contributed by atoms with E-state index < -0.39 is 42.6 Å². The summed E-state index contributed by atoms with van der Waals surface area (Å²) in [6.45, 7) is -0.543. The maximum absolute atomic E-state index is 12.2. The number of carbonyl (C=O) groups excluding carboxylic acids is 3. The molecule has 0 saturated carbocycles. The molecule has 1 aliphatic rings. The van der Waals surface area contributed by atoms with Gasteiger partial charge in [-0.1, -0.05) is 36.4 Å². The van der Waals surface area contributed by atoms with Gasteiger partial charge in [0.2, 0.25) is 11.9 Å². The Kier molecular flexibility index (Phi) is 4.28. The SMILES string of the molecule is O=C(OCC(O)C1OC(=O)C(O)C1=O)c1cccc2ccccc12. The van der Waals surface area contributed by atoms with Crippen LogP contribution in [0.15, 0.2) is 42.5 Å². The fourth-order valence-corrected chi connectivity index (χ4v) is 2.52. The summed E-state index contributed by atoms with van der Waals surface area (Å²) in [6.07, 6.45) is -4.98. The van der Waals surface area contributed by atoms with Crippen molar-refractivity contribution in [2.45, 2.75) is 18.3 Å². The third-order valence-corrected chi connectivity index (χ3v) is 3.76. The Morgan fingerprint density at radius 3 is 2.58 bits per heavy atom. The number of fused-ring (bicyclic) bond motifs is 1. The normalized spacial score (nSPS) is 21.6. The van der Waals surface area contributed by atoms with E-state index in [0.29, 0.717) is 10.9 Å². The van der Waals surface area contributed by atoms with Crippen LogP contribution in [0.4, 0.5) is 0 Å². The molecule has 0 aliphatic carbocycles. The third kappa shape index (κ3) is 2.86. The lowest BCUT2D eigenvalue weighted by atomic mass is 10.0. The molecule has 3 atom stereocenters. The molecule has 3 rings (SSSR count). The number of carbonyl (C=O) groups is 3. The number of ether oxygens (including phenoxy) is 2. The summed E-state index contributed by atoms with van der Waals surface area (Å²) in [5, 5.41) is 20.6. The van der Waals surface area contributed by atoms with Crippen LogP contribution in [0.25, 0.3) is 10.8 Å². The Morgan fingerprint density at radius 2 is 1.88 bits per heavy atom. The molecule has 2 aromatic carbocycles. The second-order valence-corrected chi connectivity index (χ2v) is 5.35. The van der Waals surface area contributed by atoms with Crippen LogP contribution in [0.1, 0.15) is 10.4 Å². The van der Waals surface area contributed by atoms with Crippen molar-refractivity contribution in [3.05, 3.63) is 48.0 Å². The van der Waals surface area contributed by atoms with E-state index in [-0.39, 0.29) is 0 Å². The summed E-state index contributed by atoms with van der Waals surface area (Å²) in [7, 11) is 0. The Labute approximate surface area is 136 Å². The van der Waals surface area contributed by atoms with Crippen molar-refractivity contribution in [3.8, 4) is 0 Å². The first-order chi connectivity index (χ1) is 11.5. The fourth-order valence-electron chi connectivity index (χ4n) is 2.52. The molecule has 0 radical (unpaired) electrons. The first-order valence-corrected chi connectivity index (χ1v) is 7.24. The minimum atomic E-state index is -1.90. The van der Waals surface area contributed by atoms with E-state index in [1.807, 2.05) is 18.2 Å². The molecule has 7 heteroatoms. The van der Waals surface area contributed by atoms with Gasteiger partial charge in [0.05, 0.1) is 5.56 Å². The van der Waals surface area contributed by atoms with E-state index in [2.05, 4.69) is 4.74 Å². The Hall–Kier alpha value is -2.77. The minimum absolute atomic E-state index is 0.315. The molecule has 1 aliphatic heterocycles. The van der Waals surface area contributed by atoms with Crippen molar-refractivity contribution in [2.24, 2.45) is 0 Å². The van der Waals surface area contributed by atoms with Crippen LogP contribution in [0.5, 0.6) is 0 Å². The molecule has 2 aromatic rings. The molecule has 0 amide bonds. The highest BCUT2D eigenvalue weighted by molar-refractivity contribution is 6.09. The smallest absolute Gasteiger partial charge is 0.343 e. The Bertz CT molecular complexity index is 808. The molecule has 7 nitrogen and oxygen atoms in total. The van der Waals surface area contributed by atoms with Gasteiger partial charge in [-0.2, -0.15) is 0 Å². The predicted molar refractivity (Wildman–Crippen MR) is 81.1 cm³/mol. The third-order valence-electron chi connectivity index (χ3n) is 3.76. The van der Waals surface area contributed by atoms with Crippen LogP contribution in [0, 0.1) is 0 Å². The quantitative estimate of drug-likeness (QED) is 0.609. The van der Waals surface area contributed by atoms with Gasteiger partial charge in [-0.25, -0.2) is 9.59 Å². The largest absolute Gasteiger partial charge is 0.459 e. The van der Waals surface area contributed by atoms with E-state index >= 15 is 0 Å². The molecule has 0 spiro atoms. The van der Waals surface area contributed by atoms with Gasteiger partial charge in [0.15, 0.2) is 6.10 Å². The van der Waals surface area contributed by atoms with Gasteiger partial charge in [-0.05, 0) is 16.8 Å². The highest BCUT2D eigenvalue weighted by atomic mass is 16.6. The van der Waals surface area contributed by atoms with Gasteiger partial charge in [-0.15, -0.1) is 0 Å². The number of cyclic esters (lactones) is 1. The summed E-state index contributed by atoms with van der Waals surface area (Å²) in [5.74, 6) is -2.75. The Balaban J connectivity index is 1.69. The number of rotatable bonds is 4. The first kappa shape index (κ1) is 16.1. The molecule has 3 unspecified atom stereocenters. The lowest BCUT2D eigenvalue weighted by Gasteiger charge is -2.16. The van der Waals surface area contributed by atoms with Crippen LogP contribution in [-0.2, 0) is 19.1 Å². The summed E-state index contributed by atoms with van der Waals surface area (Å²) in [5.41, 5.74) is 0.315. The average Bonchev–Trinajstić information content (AvgIpc) is 2.86. The molecule has 1 fully saturated rings. The maximum Gasteiger partial charge on any atom is 0.343 e. The number of aliphatic hydroxyl groups is 2. The van der Waals surface area contributed by atoms with E-state index in [1.165, 1.54) is 0 Å². The van der Waals surface area contributed by atoms with Crippen molar-refractivity contribution in [3.63, 3.8) is 0 Å². The zero-order valence-electron chi connectivity index (χ0n) is 12.4. The molecular weight excluding hydrogens is 316 g/mol. The topological polar surface area (TPSA) is 110 Å². The monoisotopic (exact) mass is 330 g/mol. The zero-order chi connectivity index (χ0) is 17.3. The second-order valence-electron chi connectivity index (χ2n) is 5.35. The van der Waals surface area contributed by atoms with Crippen LogP contribution in [-0.4, -0.2) is 52.9 Å². The minimum Gasteiger partial charge on any atom is -0.459 e. The molecule has 124 valence electrons. The summed E-state index contributed by atoms with van der Waals surface area (Å²) < 4.78 is 9.59. The molecule has 1 heterocycles. The summed E-state index contributed by atoms with van der Waals surface area (Å²) in [6, 6.07) is 12.4. The number of Topliss-reactive ketones (excluding diaryl/α,β-unsaturated/α-hetero) is 1. The highest BCUT2D eigenvalue weighted by Crippen LogP contribution is 2.20. The number of aliphatic hydroxyl groups excluding tert-OH is 2. The van der Waals surface area contributed by atoms with Crippen molar-refractivity contribution in [2.75, 3.05) is 6.61 Å². The van der Waals surface area contributed by atoms with Crippen LogP contribution < -0.4 is 0 Å². The first-order valence-electron chi connectivity index (χ1n) is 7.24. The number of hydrogen-bond acceptors (Lipinski definition) is 7. The lowest BCUT2D eigenvalue weighted by Crippen LogP contribution is -2.38. The average molecular weight is 330 g/mol. The van der Waals surface area contributed by atoms with Gasteiger partial charge in [0, 0.05) is 0 Å². The number of ketones is 1. The fraction of sp³-hybridized carbons (Fsp3) is 0.235. The standard InChI is InChI=1S/C17H14O7/c18-12(15-13(19)14(20)17(22)24-15)8-23-16(21)11-7-3-5-9-4-1-2-6-10(9)11/h1-7,12,14-15,18,20H,8H2. The zero-order valence-corrected chi connectivity index (χ0v) is 12.4. The number of esters is 2. The Morgan fingerprint density at radius 1 is 1.17 bits per heavy atom. The molecule has 2 N–H and O–H groups in total. The van der Waals surface area contributed by atoms with Gasteiger partial charge in [0.1, 0.15) is 12.7 Å². The molecule has 1 saturated heterocycles. The van der Waals surface area contributed by atoms with E-state index in [0.717, 1.165) is 5.39 Å². The van der Waals surface area contributed by atoms with Gasteiger partial charge in [0.25, 0.3) is 0 Å². The van der Waals surface area contributed by atoms with Crippen LogP contribution >= 0.6 is 0 Å². The van der Waals surface area contributed by atoms with Crippen molar-refractivity contribution in [1.82, 2.24) is 0 Å². The van der Waals surface area contributed by atoms with Gasteiger partial charge in [-0.3, -0.25) is 4.79 Å².